The maximum atomic E-state index is 12.2. The summed E-state index contributed by atoms with van der Waals surface area (Å²) in [5, 5.41) is 0. The molecule has 0 aliphatic carbocycles. The third-order valence-electron chi connectivity index (χ3n) is 4.17. The standard InChI is InChI=1S/C5H6F6.C5H8F4.2C4H5F5.C3H5F3.C3H6F2.3CH3F/c1-3(6,4(2,7)8)5(9,10)11;1-3-4(2,6)5(7,8)9;1-3(6,7)4(8,9)2-5;1-3(5,6)2-4(7,8)9;1-3(5,6)2-4;1-3(2,4)5;3*1-2/h1-2H3;3H2,1-2H3;2*2H2,1H3;2H2,1H3;1-2H3;3*1H3. The van der Waals surface area contributed by atoms with Crippen molar-refractivity contribution in [3.8, 4) is 0 Å². The molecule has 0 fully saturated rings. The maximum Gasteiger partial charge on any atom is 0.428 e. The Morgan fingerprint density at radius 1 is 0.364 bits per heavy atom. The van der Waals surface area contributed by atoms with Crippen LogP contribution in [0.4, 0.5) is 123 Å². The van der Waals surface area contributed by atoms with Gasteiger partial charge in [-0.1, -0.05) is 6.92 Å². The molecular formula is C27H44F28. The summed E-state index contributed by atoms with van der Waals surface area (Å²) in [6.07, 6.45) is -17.6. The van der Waals surface area contributed by atoms with Crippen molar-refractivity contribution in [2.45, 2.75) is 141 Å². The van der Waals surface area contributed by atoms with Crippen molar-refractivity contribution < 1.29 is 123 Å². The Bertz CT molecular complexity index is 765. The van der Waals surface area contributed by atoms with Crippen molar-refractivity contribution >= 4 is 0 Å². The quantitative estimate of drug-likeness (QED) is 0.233. The summed E-state index contributed by atoms with van der Waals surface area (Å²) in [6.45, 7) is -0.0302. The first-order valence-electron chi connectivity index (χ1n) is 13.5. The van der Waals surface area contributed by atoms with Gasteiger partial charge in [0.05, 0.1) is 21.5 Å². The van der Waals surface area contributed by atoms with Gasteiger partial charge < -0.3 is 0 Å². The van der Waals surface area contributed by atoms with Crippen LogP contribution in [0, 0.1) is 0 Å². The molecule has 0 aliphatic heterocycles. The Balaban J connectivity index is -0.0000000649. The first kappa shape index (κ1) is 74.1. The highest BCUT2D eigenvalue weighted by Gasteiger charge is 2.65. The van der Waals surface area contributed by atoms with Crippen molar-refractivity contribution in [1.29, 1.82) is 0 Å². The normalized spacial score (nSPS) is 14.4. The lowest BCUT2D eigenvalue weighted by atomic mass is 10.0. The van der Waals surface area contributed by atoms with E-state index in [4.69, 9.17) is 0 Å². The monoisotopic (exact) mass is 900 g/mol. The van der Waals surface area contributed by atoms with E-state index < -0.39 is 91.6 Å². The van der Waals surface area contributed by atoms with Gasteiger partial charge in [0.25, 0.3) is 23.4 Å². The van der Waals surface area contributed by atoms with Crippen LogP contribution < -0.4 is 0 Å². The molecule has 0 aromatic heterocycles. The van der Waals surface area contributed by atoms with E-state index in [2.05, 4.69) is 0 Å². The SMILES string of the molecule is CC(C)(F)F.CC(F)(F)C(C)(F)C(F)(F)F.CC(F)(F)C(F)(F)CF.CC(F)(F)CC(F)(F)F.CC(F)(F)CF.CCC(C)(F)C(F)(F)F.CF.CF.CF. The van der Waals surface area contributed by atoms with Crippen LogP contribution in [0.1, 0.15) is 75.2 Å². The minimum Gasteiger partial charge on any atom is -0.255 e. The summed E-state index contributed by atoms with van der Waals surface area (Å²) in [5.41, 5.74) is -7.48. The van der Waals surface area contributed by atoms with Gasteiger partial charge in [-0.3, -0.25) is 13.2 Å². The lowest BCUT2D eigenvalue weighted by Gasteiger charge is -2.28. The number of hydrogen-bond donors (Lipinski definition) is 0. The molecular weight excluding hydrogens is 856 g/mol. The molecule has 2 atom stereocenters. The second-order valence-electron chi connectivity index (χ2n) is 10.6. The number of rotatable bonds is 6. The molecule has 348 valence electrons. The first-order chi connectivity index (χ1) is 23.4. The van der Waals surface area contributed by atoms with E-state index in [9.17, 15) is 123 Å². The fourth-order valence-electron chi connectivity index (χ4n) is 0.919. The van der Waals surface area contributed by atoms with Gasteiger partial charge in [0.2, 0.25) is 11.6 Å². The minimum absolute atomic E-state index is 0.0213. The molecule has 55 heavy (non-hydrogen) atoms. The van der Waals surface area contributed by atoms with Crippen molar-refractivity contribution in [2.24, 2.45) is 0 Å². The topological polar surface area (TPSA) is 0 Å². The summed E-state index contributed by atoms with van der Waals surface area (Å²) < 4.78 is 314. The van der Waals surface area contributed by atoms with Crippen molar-refractivity contribution in [3.63, 3.8) is 0 Å². The predicted molar refractivity (Wildman–Crippen MR) is 149 cm³/mol. The first-order valence-corrected chi connectivity index (χ1v) is 13.5. The van der Waals surface area contributed by atoms with Crippen LogP contribution in [-0.4, -0.2) is 100 Å². The zero-order valence-electron chi connectivity index (χ0n) is 30.9. The van der Waals surface area contributed by atoms with E-state index in [0.29, 0.717) is 35.4 Å². The largest absolute Gasteiger partial charge is 0.428 e. The zero-order chi connectivity index (χ0) is 48.3. The molecule has 0 aromatic carbocycles. The van der Waals surface area contributed by atoms with E-state index in [1.807, 2.05) is 0 Å². The molecule has 0 amide bonds. The molecule has 0 spiro atoms. The summed E-state index contributed by atoms with van der Waals surface area (Å²) in [6, 6.07) is 0. The van der Waals surface area contributed by atoms with Gasteiger partial charge in [0.1, 0.15) is 6.42 Å². The highest BCUT2D eigenvalue weighted by Crippen LogP contribution is 2.44. The highest BCUT2D eigenvalue weighted by molar-refractivity contribution is 4.93. The molecule has 0 radical (unpaired) electrons. The van der Waals surface area contributed by atoms with Crippen LogP contribution in [0.25, 0.3) is 0 Å². The van der Waals surface area contributed by atoms with Crippen LogP contribution in [0.3, 0.4) is 0 Å². The Labute approximate surface area is 299 Å². The molecule has 0 aliphatic rings. The molecule has 0 saturated carbocycles. The van der Waals surface area contributed by atoms with Crippen molar-refractivity contribution in [1.82, 2.24) is 0 Å². The number of alkyl halides is 28. The van der Waals surface area contributed by atoms with Gasteiger partial charge in [-0.05, 0) is 41.0 Å². The van der Waals surface area contributed by atoms with Gasteiger partial charge in [0, 0.05) is 20.8 Å². The van der Waals surface area contributed by atoms with E-state index in [0.717, 1.165) is 20.8 Å². The molecule has 0 rings (SSSR count). The third kappa shape index (κ3) is 54.2. The second kappa shape index (κ2) is 29.3. The van der Waals surface area contributed by atoms with Gasteiger partial charge >= 0.3 is 30.4 Å². The fraction of sp³-hybridized carbons (Fsp3) is 1.00. The molecule has 2 unspecified atom stereocenters. The third-order valence-corrected chi connectivity index (χ3v) is 4.17. The molecule has 0 bridgehead atoms. The second-order valence-corrected chi connectivity index (χ2v) is 10.6. The van der Waals surface area contributed by atoms with Gasteiger partial charge in [0.15, 0.2) is 13.3 Å². The van der Waals surface area contributed by atoms with E-state index in [-0.39, 0.29) is 27.7 Å². The van der Waals surface area contributed by atoms with Gasteiger partial charge in [-0.15, -0.1) is 0 Å². The van der Waals surface area contributed by atoms with Crippen LogP contribution in [0.2, 0.25) is 0 Å². The van der Waals surface area contributed by atoms with Crippen LogP contribution in [0.5, 0.6) is 0 Å². The molecule has 0 saturated heterocycles. The Hall–Kier alpha value is -1.96. The Morgan fingerprint density at radius 3 is 0.600 bits per heavy atom. The smallest absolute Gasteiger partial charge is 0.255 e. The summed E-state index contributed by atoms with van der Waals surface area (Å²) in [7, 11) is 1.50. The fourth-order valence-corrected chi connectivity index (χ4v) is 0.919. The molecule has 0 nitrogen and oxygen atoms in total. The average Bonchev–Trinajstić information content (AvgIpc) is 2.92. The lowest BCUT2D eigenvalue weighted by molar-refractivity contribution is -0.289. The van der Waals surface area contributed by atoms with Crippen molar-refractivity contribution in [2.75, 3.05) is 34.9 Å². The Morgan fingerprint density at radius 2 is 0.600 bits per heavy atom. The number of hydrogen-bond acceptors (Lipinski definition) is 0. The molecule has 0 heterocycles. The number of halogens is 28. The predicted octanol–water partition coefficient (Wildman–Crippen LogP) is 15.5. The van der Waals surface area contributed by atoms with E-state index >= 15 is 0 Å². The summed E-state index contributed by atoms with van der Waals surface area (Å²) in [4.78, 5) is 0. The summed E-state index contributed by atoms with van der Waals surface area (Å²) >= 11 is 0. The van der Waals surface area contributed by atoms with E-state index in [1.165, 1.54) is 0 Å². The molecule has 0 N–H and O–H groups in total. The van der Waals surface area contributed by atoms with Crippen LogP contribution >= 0.6 is 0 Å². The van der Waals surface area contributed by atoms with Crippen LogP contribution in [0.15, 0.2) is 0 Å². The van der Waals surface area contributed by atoms with Crippen LogP contribution in [-0.2, 0) is 0 Å². The minimum atomic E-state index is -5.54. The Kier molecular flexibility index (Phi) is 39.4. The average molecular weight is 901 g/mol. The van der Waals surface area contributed by atoms with E-state index in [1.54, 1.807) is 0 Å². The van der Waals surface area contributed by atoms with Gasteiger partial charge in [-0.25, -0.2) is 61.5 Å². The molecule has 0 aromatic rings. The maximum absolute atomic E-state index is 12.2. The summed E-state index contributed by atoms with van der Waals surface area (Å²) in [5.74, 6) is -22.5. The van der Waals surface area contributed by atoms with Crippen molar-refractivity contribution in [3.05, 3.63) is 0 Å². The molecule has 28 heteroatoms. The highest BCUT2D eigenvalue weighted by atomic mass is 19.4. The zero-order valence-corrected chi connectivity index (χ0v) is 30.9. The lowest BCUT2D eigenvalue weighted by Crippen LogP contribution is -2.51. The van der Waals surface area contributed by atoms with Gasteiger partial charge in [-0.2, -0.15) is 48.3 Å².